The van der Waals surface area contributed by atoms with Gasteiger partial charge in [0, 0.05) is 45.5 Å². The number of nitrogens with zero attached hydrogens (tertiary/aromatic N) is 7. The molecule has 0 aliphatic carbocycles. The maximum atomic E-state index is 12.5. The number of hydrogen-bond acceptors (Lipinski definition) is 6. The lowest BCUT2D eigenvalue weighted by molar-refractivity contribution is -0.121. The van der Waals surface area contributed by atoms with E-state index in [2.05, 4.69) is 20.4 Å². The zero-order valence-corrected chi connectivity index (χ0v) is 19.1. The zero-order chi connectivity index (χ0) is 23.7. The van der Waals surface area contributed by atoms with Crippen LogP contribution < -0.4 is 16.6 Å². The van der Waals surface area contributed by atoms with Crippen molar-refractivity contribution >= 4 is 17.1 Å². The van der Waals surface area contributed by atoms with Crippen molar-refractivity contribution in [3.63, 3.8) is 0 Å². The van der Waals surface area contributed by atoms with Crippen LogP contribution in [0.25, 0.3) is 17.0 Å². The second-order valence-electron chi connectivity index (χ2n) is 8.06. The van der Waals surface area contributed by atoms with Gasteiger partial charge in [-0.05, 0) is 38.0 Å². The molecular weight excluding hydrogens is 424 g/mol. The lowest BCUT2D eigenvalue weighted by Gasteiger charge is -2.08. The number of nitrogens with one attached hydrogen (secondary N) is 1. The summed E-state index contributed by atoms with van der Waals surface area (Å²) in [5.74, 6) is 0.634. The fraction of sp³-hybridized carbons (Fsp3) is 0.364. The number of aryl methyl sites for hydroxylation is 4. The minimum absolute atomic E-state index is 0.0951. The van der Waals surface area contributed by atoms with Crippen molar-refractivity contribution in [3.05, 3.63) is 68.5 Å². The zero-order valence-electron chi connectivity index (χ0n) is 19.1. The van der Waals surface area contributed by atoms with Crippen LogP contribution in [0, 0.1) is 13.8 Å². The number of carbonyl (C=O) groups is 1. The molecule has 4 aromatic heterocycles. The van der Waals surface area contributed by atoms with Crippen molar-refractivity contribution in [3.8, 4) is 5.82 Å². The van der Waals surface area contributed by atoms with E-state index in [-0.39, 0.29) is 5.91 Å². The highest BCUT2D eigenvalue weighted by Crippen LogP contribution is 2.11. The van der Waals surface area contributed by atoms with Crippen molar-refractivity contribution in [2.45, 2.75) is 39.8 Å². The Hall–Kier alpha value is -4.02. The molecule has 0 atom stereocenters. The standard InChI is InChI=1S/C22H26N8O3/c1-14-10-15(2)30(26-14)17-8-7-16(11-23-17)12-24-18(31)6-5-9-29-13-25-20-19(29)21(32)28(4)22(33)27(20)3/h7-8,10-11,13H,5-6,9,12H2,1-4H3,(H,24,31). The fourth-order valence-corrected chi connectivity index (χ4v) is 3.77. The molecule has 4 rings (SSSR count). The maximum absolute atomic E-state index is 12.5. The summed E-state index contributed by atoms with van der Waals surface area (Å²) in [7, 11) is 3.01. The number of fused-ring (bicyclic) bond motifs is 1. The average molecular weight is 451 g/mol. The highest BCUT2D eigenvalue weighted by molar-refractivity contribution is 5.75. The van der Waals surface area contributed by atoms with Gasteiger partial charge in [-0.3, -0.25) is 18.7 Å². The van der Waals surface area contributed by atoms with Gasteiger partial charge < -0.3 is 9.88 Å². The first-order valence-electron chi connectivity index (χ1n) is 10.6. The summed E-state index contributed by atoms with van der Waals surface area (Å²) in [6, 6.07) is 5.77. The molecule has 4 heterocycles. The Kier molecular flexibility index (Phi) is 5.95. The van der Waals surface area contributed by atoms with E-state index in [1.807, 2.05) is 32.0 Å². The highest BCUT2D eigenvalue weighted by Gasteiger charge is 2.14. The van der Waals surface area contributed by atoms with Crippen molar-refractivity contribution < 1.29 is 4.79 Å². The number of pyridine rings is 1. The van der Waals surface area contributed by atoms with Gasteiger partial charge in [-0.15, -0.1) is 0 Å². The lowest BCUT2D eigenvalue weighted by atomic mass is 10.2. The van der Waals surface area contributed by atoms with Crippen LogP contribution >= 0.6 is 0 Å². The van der Waals surface area contributed by atoms with Gasteiger partial charge in [-0.1, -0.05) is 6.07 Å². The van der Waals surface area contributed by atoms with E-state index in [0.29, 0.717) is 37.1 Å². The molecule has 0 radical (unpaired) electrons. The molecule has 4 aromatic rings. The molecule has 0 unspecified atom stereocenters. The van der Waals surface area contributed by atoms with Gasteiger partial charge in [0.25, 0.3) is 5.56 Å². The van der Waals surface area contributed by atoms with Gasteiger partial charge in [-0.25, -0.2) is 19.4 Å². The van der Waals surface area contributed by atoms with E-state index >= 15 is 0 Å². The van der Waals surface area contributed by atoms with E-state index in [1.54, 1.807) is 22.5 Å². The second kappa shape index (κ2) is 8.85. The Morgan fingerprint density at radius 1 is 1.09 bits per heavy atom. The van der Waals surface area contributed by atoms with Crippen LogP contribution in [0.15, 0.2) is 40.3 Å². The summed E-state index contributed by atoms with van der Waals surface area (Å²) >= 11 is 0. The molecular formula is C22H26N8O3. The van der Waals surface area contributed by atoms with Crippen LogP contribution in [0.2, 0.25) is 0 Å². The third kappa shape index (κ3) is 4.34. The van der Waals surface area contributed by atoms with E-state index in [0.717, 1.165) is 27.3 Å². The van der Waals surface area contributed by atoms with Crippen LogP contribution in [0.5, 0.6) is 0 Å². The Morgan fingerprint density at radius 3 is 2.55 bits per heavy atom. The number of carbonyl (C=O) groups excluding carboxylic acids is 1. The Labute approximate surface area is 189 Å². The monoisotopic (exact) mass is 450 g/mol. The molecule has 0 spiro atoms. The normalized spacial score (nSPS) is 11.3. The molecule has 33 heavy (non-hydrogen) atoms. The van der Waals surface area contributed by atoms with Crippen LogP contribution in [-0.2, 0) is 32.0 Å². The molecule has 11 nitrogen and oxygen atoms in total. The molecule has 0 fully saturated rings. The molecule has 0 aliphatic heterocycles. The summed E-state index contributed by atoms with van der Waals surface area (Å²) in [5, 5.41) is 7.31. The SMILES string of the molecule is Cc1cc(C)n(-c2ccc(CNC(=O)CCCn3cnc4c3c(=O)n(C)c(=O)n4C)cn2)n1. The summed E-state index contributed by atoms with van der Waals surface area (Å²) in [4.78, 5) is 45.4. The van der Waals surface area contributed by atoms with E-state index in [1.165, 1.54) is 17.9 Å². The van der Waals surface area contributed by atoms with Crippen LogP contribution in [0.4, 0.5) is 0 Å². The number of imidazole rings is 1. The summed E-state index contributed by atoms with van der Waals surface area (Å²) in [6.45, 7) is 4.72. The number of rotatable bonds is 7. The lowest BCUT2D eigenvalue weighted by Crippen LogP contribution is -2.37. The van der Waals surface area contributed by atoms with Gasteiger partial charge >= 0.3 is 5.69 Å². The van der Waals surface area contributed by atoms with Gasteiger partial charge in [0.05, 0.1) is 12.0 Å². The third-order valence-corrected chi connectivity index (χ3v) is 5.55. The van der Waals surface area contributed by atoms with Crippen LogP contribution in [0.1, 0.15) is 29.8 Å². The topological polar surface area (TPSA) is 122 Å². The van der Waals surface area contributed by atoms with E-state index < -0.39 is 11.2 Å². The second-order valence-corrected chi connectivity index (χ2v) is 8.06. The molecule has 172 valence electrons. The van der Waals surface area contributed by atoms with Gasteiger partial charge in [0.1, 0.15) is 0 Å². The van der Waals surface area contributed by atoms with Crippen molar-refractivity contribution in [1.29, 1.82) is 0 Å². The van der Waals surface area contributed by atoms with Crippen LogP contribution in [0.3, 0.4) is 0 Å². The molecule has 0 aliphatic rings. The summed E-state index contributed by atoms with van der Waals surface area (Å²) in [5.41, 5.74) is 2.70. The molecule has 0 saturated carbocycles. The fourth-order valence-electron chi connectivity index (χ4n) is 3.77. The minimum Gasteiger partial charge on any atom is -0.352 e. The Bertz CT molecular complexity index is 1440. The first-order valence-corrected chi connectivity index (χ1v) is 10.6. The smallest absolute Gasteiger partial charge is 0.332 e. The number of hydrogen-bond donors (Lipinski definition) is 1. The minimum atomic E-state index is -0.422. The van der Waals surface area contributed by atoms with E-state index in [9.17, 15) is 14.4 Å². The average Bonchev–Trinajstić information content (AvgIpc) is 3.37. The van der Waals surface area contributed by atoms with Gasteiger partial charge in [-0.2, -0.15) is 5.10 Å². The molecule has 0 aromatic carbocycles. The predicted molar refractivity (Wildman–Crippen MR) is 122 cm³/mol. The predicted octanol–water partition coefficient (Wildman–Crippen LogP) is 0.728. The van der Waals surface area contributed by atoms with Crippen LogP contribution in [-0.4, -0.2) is 39.4 Å². The highest BCUT2D eigenvalue weighted by atomic mass is 16.2. The Balaban J connectivity index is 1.32. The van der Waals surface area contributed by atoms with E-state index in [4.69, 9.17) is 0 Å². The molecule has 11 heteroatoms. The first kappa shape index (κ1) is 22.2. The Morgan fingerprint density at radius 2 is 1.88 bits per heavy atom. The van der Waals surface area contributed by atoms with Crippen molar-refractivity contribution in [1.82, 2.24) is 38.8 Å². The molecule has 1 amide bonds. The largest absolute Gasteiger partial charge is 0.352 e. The summed E-state index contributed by atoms with van der Waals surface area (Å²) < 4.78 is 5.87. The quantitative estimate of drug-likeness (QED) is 0.443. The van der Waals surface area contributed by atoms with Crippen molar-refractivity contribution in [2.75, 3.05) is 0 Å². The maximum Gasteiger partial charge on any atom is 0.332 e. The van der Waals surface area contributed by atoms with Gasteiger partial charge in [0.15, 0.2) is 17.0 Å². The summed E-state index contributed by atoms with van der Waals surface area (Å²) in [6.07, 6.45) is 4.07. The molecule has 1 N–H and O–H groups in total. The number of amides is 1. The third-order valence-electron chi connectivity index (χ3n) is 5.55. The van der Waals surface area contributed by atoms with Crippen molar-refractivity contribution in [2.24, 2.45) is 14.1 Å². The molecule has 0 bridgehead atoms. The first-order chi connectivity index (χ1) is 15.8. The number of aromatic nitrogens is 7. The van der Waals surface area contributed by atoms with Gasteiger partial charge in [0.2, 0.25) is 5.91 Å². The molecule has 0 saturated heterocycles.